The van der Waals surface area contributed by atoms with Gasteiger partial charge in [0.2, 0.25) is 5.91 Å². The monoisotopic (exact) mass is 289 g/mol. The number of nitrogens with one attached hydrogen (secondary N) is 2. The molecule has 4 heteroatoms. The molecule has 0 radical (unpaired) electrons. The Morgan fingerprint density at radius 3 is 2.33 bits per heavy atom. The number of para-hydroxylation sites is 1. The molecule has 1 saturated heterocycles. The number of aryl methyl sites for hydroxylation is 2. The Morgan fingerprint density at radius 2 is 1.81 bits per heavy atom. The van der Waals surface area contributed by atoms with Gasteiger partial charge in [-0.15, -0.1) is 0 Å². The maximum Gasteiger partial charge on any atom is 0.241 e. The second-order valence-corrected chi connectivity index (χ2v) is 5.61. The van der Waals surface area contributed by atoms with Crippen molar-refractivity contribution >= 4 is 11.6 Å². The highest BCUT2D eigenvalue weighted by molar-refractivity contribution is 5.96. The van der Waals surface area contributed by atoms with Crippen molar-refractivity contribution in [2.24, 2.45) is 0 Å². The predicted molar refractivity (Wildman–Crippen MR) is 87.7 cm³/mol. The van der Waals surface area contributed by atoms with Crippen molar-refractivity contribution in [3.8, 4) is 0 Å². The van der Waals surface area contributed by atoms with Crippen LogP contribution in [0.1, 0.15) is 31.9 Å². The van der Waals surface area contributed by atoms with Gasteiger partial charge in [-0.25, -0.2) is 0 Å². The van der Waals surface area contributed by atoms with Gasteiger partial charge in [-0.1, -0.05) is 32.0 Å². The minimum Gasteiger partial charge on any atom is -0.324 e. The molecule has 2 N–H and O–H groups in total. The van der Waals surface area contributed by atoms with Crippen LogP contribution >= 0.6 is 0 Å². The Kier molecular flexibility index (Phi) is 5.76. The van der Waals surface area contributed by atoms with Crippen LogP contribution in [0.2, 0.25) is 0 Å². The molecule has 1 aromatic carbocycles. The smallest absolute Gasteiger partial charge is 0.241 e. The van der Waals surface area contributed by atoms with E-state index >= 15 is 0 Å². The summed E-state index contributed by atoms with van der Waals surface area (Å²) >= 11 is 0. The lowest BCUT2D eigenvalue weighted by Crippen LogP contribution is -2.51. The van der Waals surface area contributed by atoms with E-state index in [9.17, 15) is 4.79 Å². The third kappa shape index (κ3) is 3.83. The summed E-state index contributed by atoms with van der Waals surface area (Å²) in [6.07, 6.45) is 1.87. The lowest BCUT2D eigenvalue weighted by molar-refractivity contribution is -0.121. The molecule has 1 aromatic rings. The van der Waals surface area contributed by atoms with Crippen molar-refractivity contribution in [2.45, 2.75) is 39.7 Å². The van der Waals surface area contributed by atoms with Crippen LogP contribution < -0.4 is 10.6 Å². The number of carbonyl (C=O) groups excluding carboxylic acids is 1. The van der Waals surface area contributed by atoms with Crippen molar-refractivity contribution in [3.63, 3.8) is 0 Å². The number of nitrogens with zero attached hydrogens (tertiary/aromatic N) is 1. The third-order valence-electron chi connectivity index (χ3n) is 4.33. The topological polar surface area (TPSA) is 44.4 Å². The van der Waals surface area contributed by atoms with Crippen molar-refractivity contribution < 1.29 is 4.79 Å². The molecule has 0 saturated carbocycles. The summed E-state index contributed by atoms with van der Waals surface area (Å²) in [6, 6.07) is 6.20. The highest BCUT2D eigenvalue weighted by atomic mass is 16.2. The molecule has 1 amide bonds. The quantitative estimate of drug-likeness (QED) is 0.872. The molecule has 4 nitrogen and oxygen atoms in total. The standard InChI is InChI=1S/C17H27N3O/c1-4-14-7-6-8-15(5-2)16(14)19-17(21)13(3)20-11-9-18-10-12-20/h6-8,13,18H,4-5,9-12H2,1-3H3,(H,19,21). The summed E-state index contributed by atoms with van der Waals surface area (Å²) < 4.78 is 0. The van der Waals surface area contributed by atoms with Gasteiger partial charge in [0, 0.05) is 31.9 Å². The second kappa shape index (κ2) is 7.57. The maximum atomic E-state index is 12.6. The maximum absolute atomic E-state index is 12.6. The van der Waals surface area contributed by atoms with Crippen molar-refractivity contribution in [2.75, 3.05) is 31.5 Å². The Hall–Kier alpha value is -1.39. The zero-order valence-corrected chi connectivity index (χ0v) is 13.4. The number of rotatable bonds is 5. The van der Waals surface area contributed by atoms with Crippen LogP contribution in [0.4, 0.5) is 5.69 Å². The first-order valence-corrected chi connectivity index (χ1v) is 8.03. The molecular formula is C17H27N3O. The molecule has 1 atom stereocenters. The van der Waals surface area contributed by atoms with Crippen LogP contribution in [0.15, 0.2) is 18.2 Å². The first-order chi connectivity index (χ1) is 10.2. The summed E-state index contributed by atoms with van der Waals surface area (Å²) in [5.41, 5.74) is 3.46. The van der Waals surface area contributed by atoms with Gasteiger partial charge in [0.25, 0.3) is 0 Å². The van der Waals surface area contributed by atoms with Crippen LogP contribution in [-0.4, -0.2) is 43.0 Å². The van der Waals surface area contributed by atoms with Gasteiger partial charge in [0.05, 0.1) is 6.04 Å². The third-order valence-corrected chi connectivity index (χ3v) is 4.33. The van der Waals surface area contributed by atoms with Crippen LogP contribution in [0.3, 0.4) is 0 Å². The normalized spacial score (nSPS) is 17.5. The first-order valence-electron chi connectivity index (χ1n) is 8.03. The predicted octanol–water partition coefficient (Wildman–Crippen LogP) is 2.04. The Morgan fingerprint density at radius 1 is 1.24 bits per heavy atom. The zero-order chi connectivity index (χ0) is 15.2. The molecule has 1 unspecified atom stereocenters. The molecule has 1 heterocycles. The highest BCUT2D eigenvalue weighted by Gasteiger charge is 2.23. The van der Waals surface area contributed by atoms with Crippen molar-refractivity contribution in [1.82, 2.24) is 10.2 Å². The van der Waals surface area contributed by atoms with Gasteiger partial charge in [0.1, 0.15) is 0 Å². The van der Waals surface area contributed by atoms with Gasteiger partial charge in [-0.3, -0.25) is 9.69 Å². The second-order valence-electron chi connectivity index (χ2n) is 5.61. The summed E-state index contributed by atoms with van der Waals surface area (Å²) in [6.45, 7) is 10.1. The Bertz CT molecular complexity index is 459. The molecule has 0 aromatic heterocycles. The zero-order valence-electron chi connectivity index (χ0n) is 13.4. The fourth-order valence-electron chi connectivity index (χ4n) is 2.87. The number of benzene rings is 1. The molecule has 0 spiro atoms. The van der Waals surface area contributed by atoms with E-state index in [-0.39, 0.29) is 11.9 Å². The lowest BCUT2D eigenvalue weighted by atomic mass is 10.0. The van der Waals surface area contributed by atoms with E-state index in [2.05, 4.69) is 47.6 Å². The molecule has 1 aliphatic rings. The van der Waals surface area contributed by atoms with Gasteiger partial charge < -0.3 is 10.6 Å². The first kappa shape index (κ1) is 16.0. The molecule has 1 fully saturated rings. The van der Waals surface area contributed by atoms with Crippen LogP contribution in [-0.2, 0) is 17.6 Å². The molecular weight excluding hydrogens is 262 g/mol. The number of amides is 1. The van der Waals surface area contributed by atoms with E-state index in [4.69, 9.17) is 0 Å². The lowest BCUT2D eigenvalue weighted by Gasteiger charge is -2.32. The number of piperazine rings is 1. The van der Waals surface area contributed by atoms with Gasteiger partial charge in [-0.05, 0) is 30.9 Å². The molecule has 0 aliphatic carbocycles. The number of hydrogen-bond acceptors (Lipinski definition) is 3. The number of anilines is 1. The Balaban J connectivity index is 2.11. The van der Waals surface area contributed by atoms with Crippen molar-refractivity contribution in [3.05, 3.63) is 29.3 Å². The molecule has 21 heavy (non-hydrogen) atoms. The largest absolute Gasteiger partial charge is 0.324 e. The van der Waals surface area contributed by atoms with Gasteiger partial charge in [0.15, 0.2) is 0 Å². The summed E-state index contributed by atoms with van der Waals surface area (Å²) in [5.74, 6) is 0.104. The molecule has 1 aliphatic heterocycles. The summed E-state index contributed by atoms with van der Waals surface area (Å²) in [4.78, 5) is 14.8. The minimum atomic E-state index is -0.0817. The fraction of sp³-hybridized carbons (Fsp3) is 0.588. The SMILES string of the molecule is CCc1cccc(CC)c1NC(=O)C(C)N1CCNCC1. The minimum absolute atomic E-state index is 0.0817. The van der Waals surface area contributed by atoms with Crippen molar-refractivity contribution in [1.29, 1.82) is 0 Å². The van der Waals surface area contributed by atoms with Gasteiger partial charge in [-0.2, -0.15) is 0 Å². The fourth-order valence-corrected chi connectivity index (χ4v) is 2.87. The van der Waals surface area contributed by atoms with E-state index < -0.39 is 0 Å². The Labute approximate surface area is 127 Å². The number of hydrogen-bond donors (Lipinski definition) is 2. The van der Waals surface area contributed by atoms with Crippen LogP contribution in [0.25, 0.3) is 0 Å². The van der Waals surface area contributed by atoms with E-state index in [0.717, 1.165) is 44.7 Å². The average molecular weight is 289 g/mol. The molecule has 2 rings (SSSR count). The summed E-state index contributed by atoms with van der Waals surface area (Å²) in [5, 5.41) is 6.50. The molecule has 116 valence electrons. The van der Waals surface area contributed by atoms with E-state index in [1.807, 2.05) is 6.92 Å². The van der Waals surface area contributed by atoms with Gasteiger partial charge >= 0.3 is 0 Å². The van der Waals surface area contributed by atoms with Crippen LogP contribution in [0, 0.1) is 0 Å². The van der Waals surface area contributed by atoms with E-state index in [1.165, 1.54) is 11.1 Å². The average Bonchev–Trinajstić information content (AvgIpc) is 2.55. The van der Waals surface area contributed by atoms with E-state index in [0.29, 0.717) is 0 Å². The number of carbonyl (C=O) groups is 1. The van der Waals surface area contributed by atoms with E-state index in [1.54, 1.807) is 0 Å². The van der Waals surface area contributed by atoms with Crippen LogP contribution in [0.5, 0.6) is 0 Å². The summed E-state index contributed by atoms with van der Waals surface area (Å²) in [7, 11) is 0. The highest BCUT2D eigenvalue weighted by Crippen LogP contribution is 2.23. The molecule has 0 bridgehead atoms.